The molecule has 2 fully saturated rings. The second-order valence-corrected chi connectivity index (χ2v) is 6.96. The largest absolute Gasteiger partial charge is 0.336 e. The number of amides is 2. The number of hydrogen-bond donors (Lipinski definition) is 2. The maximum Gasteiger partial charge on any atom is 0.253 e. The standard InChI is InChI=1S/C16H22N4O2S/c1-19-6-8-20(9-7-19)16(22)12-2-4-13(5-3-12)18-15(21)14-10-23-11-17-14/h2-5,14,17H,6-11H2,1H3,(H,18,21). The summed E-state index contributed by atoms with van der Waals surface area (Å²) in [6, 6.07) is 7.03. The molecule has 0 saturated carbocycles. The Labute approximate surface area is 140 Å². The second kappa shape index (κ2) is 7.33. The minimum Gasteiger partial charge on any atom is -0.336 e. The van der Waals surface area contributed by atoms with Gasteiger partial charge in [0, 0.05) is 49.1 Å². The van der Waals surface area contributed by atoms with Gasteiger partial charge in [-0.25, -0.2) is 0 Å². The minimum atomic E-state index is -0.133. The molecule has 23 heavy (non-hydrogen) atoms. The highest BCUT2D eigenvalue weighted by molar-refractivity contribution is 7.99. The Balaban J connectivity index is 1.58. The zero-order valence-electron chi connectivity index (χ0n) is 13.2. The summed E-state index contributed by atoms with van der Waals surface area (Å²) in [4.78, 5) is 28.6. The van der Waals surface area contributed by atoms with E-state index < -0.39 is 0 Å². The lowest BCUT2D eigenvalue weighted by atomic mass is 10.1. The summed E-state index contributed by atoms with van der Waals surface area (Å²) in [5, 5.41) is 6.03. The van der Waals surface area contributed by atoms with Crippen LogP contribution in [0.4, 0.5) is 5.69 Å². The normalized spacial score (nSPS) is 22.1. The Morgan fingerprint density at radius 2 is 1.87 bits per heavy atom. The van der Waals surface area contributed by atoms with Crippen molar-refractivity contribution < 1.29 is 9.59 Å². The van der Waals surface area contributed by atoms with Crippen LogP contribution in [0.15, 0.2) is 24.3 Å². The van der Waals surface area contributed by atoms with E-state index in [2.05, 4.69) is 22.6 Å². The zero-order chi connectivity index (χ0) is 16.2. The van der Waals surface area contributed by atoms with Gasteiger partial charge >= 0.3 is 0 Å². The van der Waals surface area contributed by atoms with Gasteiger partial charge in [0.2, 0.25) is 5.91 Å². The van der Waals surface area contributed by atoms with E-state index in [0.29, 0.717) is 5.56 Å². The molecule has 1 aromatic rings. The summed E-state index contributed by atoms with van der Waals surface area (Å²) < 4.78 is 0. The predicted molar refractivity (Wildman–Crippen MR) is 92.7 cm³/mol. The highest BCUT2D eigenvalue weighted by atomic mass is 32.2. The molecule has 2 aliphatic heterocycles. The first-order chi connectivity index (χ1) is 11.1. The molecule has 0 spiro atoms. The van der Waals surface area contributed by atoms with E-state index in [9.17, 15) is 9.59 Å². The van der Waals surface area contributed by atoms with E-state index in [1.807, 2.05) is 4.90 Å². The number of carbonyl (C=O) groups excluding carboxylic acids is 2. The van der Waals surface area contributed by atoms with Gasteiger partial charge in [-0.1, -0.05) is 0 Å². The summed E-state index contributed by atoms with van der Waals surface area (Å²) >= 11 is 1.72. The molecular weight excluding hydrogens is 312 g/mol. The molecule has 0 aliphatic carbocycles. The molecule has 2 amide bonds. The van der Waals surface area contributed by atoms with Gasteiger partial charge in [-0.15, -0.1) is 11.8 Å². The quantitative estimate of drug-likeness (QED) is 0.851. The highest BCUT2D eigenvalue weighted by Gasteiger charge is 2.23. The maximum absolute atomic E-state index is 12.5. The van der Waals surface area contributed by atoms with Crippen molar-refractivity contribution in [3.63, 3.8) is 0 Å². The molecule has 6 nitrogen and oxygen atoms in total. The molecule has 1 unspecified atom stereocenters. The number of nitrogens with zero attached hydrogens (tertiary/aromatic N) is 2. The molecule has 0 radical (unpaired) electrons. The van der Waals surface area contributed by atoms with Crippen molar-refractivity contribution in [2.75, 3.05) is 50.2 Å². The van der Waals surface area contributed by atoms with Crippen molar-refractivity contribution in [1.82, 2.24) is 15.1 Å². The number of piperazine rings is 1. The van der Waals surface area contributed by atoms with Crippen LogP contribution in [0.25, 0.3) is 0 Å². The first-order valence-electron chi connectivity index (χ1n) is 7.83. The molecule has 2 saturated heterocycles. The van der Waals surface area contributed by atoms with Crippen LogP contribution in [0.3, 0.4) is 0 Å². The average Bonchev–Trinajstić information content (AvgIpc) is 3.10. The van der Waals surface area contributed by atoms with E-state index in [1.165, 1.54) is 0 Å². The van der Waals surface area contributed by atoms with Gasteiger partial charge in [-0.05, 0) is 31.3 Å². The summed E-state index contributed by atoms with van der Waals surface area (Å²) in [7, 11) is 2.07. The summed E-state index contributed by atoms with van der Waals surface area (Å²) in [6.07, 6.45) is 0. The Hall–Kier alpha value is -1.57. The molecule has 2 aliphatic rings. The summed E-state index contributed by atoms with van der Waals surface area (Å²) in [6.45, 7) is 3.34. The number of likely N-dealkylation sites (N-methyl/N-ethyl adjacent to an activating group) is 1. The maximum atomic E-state index is 12.5. The minimum absolute atomic E-state index is 0.0202. The van der Waals surface area contributed by atoms with E-state index in [4.69, 9.17) is 0 Å². The molecule has 124 valence electrons. The topological polar surface area (TPSA) is 64.7 Å². The number of hydrogen-bond acceptors (Lipinski definition) is 5. The lowest BCUT2D eigenvalue weighted by molar-refractivity contribution is -0.117. The van der Waals surface area contributed by atoms with E-state index in [-0.39, 0.29) is 17.9 Å². The number of carbonyl (C=O) groups is 2. The average molecular weight is 334 g/mol. The first kappa shape index (κ1) is 16.3. The third-order valence-electron chi connectivity index (χ3n) is 4.22. The van der Waals surface area contributed by atoms with Crippen molar-refractivity contribution in [3.8, 4) is 0 Å². The highest BCUT2D eigenvalue weighted by Crippen LogP contribution is 2.15. The van der Waals surface area contributed by atoms with Crippen LogP contribution in [0.1, 0.15) is 10.4 Å². The van der Waals surface area contributed by atoms with E-state index in [0.717, 1.165) is 43.5 Å². The van der Waals surface area contributed by atoms with Crippen LogP contribution in [0.2, 0.25) is 0 Å². The van der Waals surface area contributed by atoms with Crippen molar-refractivity contribution in [3.05, 3.63) is 29.8 Å². The fourth-order valence-electron chi connectivity index (χ4n) is 2.68. The van der Waals surface area contributed by atoms with Gasteiger partial charge in [0.1, 0.15) is 0 Å². The SMILES string of the molecule is CN1CCN(C(=O)c2ccc(NC(=O)C3CSCN3)cc2)CC1. The lowest BCUT2D eigenvalue weighted by Crippen LogP contribution is -2.47. The van der Waals surface area contributed by atoms with Crippen molar-refractivity contribution in [1.29, 1.82) is 0 Å². The molecule has 0 bridgehead atoms. The van der Waals surface area contributed by atoms with E-state index >= 15 is 0 Å². The van der Waals surface area contributed by atoms with Crippen molar-refractivity contribution >= 4 is 29.3 Å². The smallest absolute Gasteiger partial charge is 0.253 e. The first-order valence-corrected chi connectivity index (χ1v) is 8.99. The number of benzene rings is 1. The Morgan fingerprint density at radius 3 is 2.48 bits per heavy atom. The fraction of sp³-hybridized carbons (Fsp3) is 0.500. The predicted octanol–water partition coefficient (Wildman–Crippen LogP) is 0.675. The fourth-order valence-corrected chi connectivity index (χ4v) is 3.62. The lowest BCUT2D eigenvalue weighted by Gasteiger charge is -2.32. The summed E-state index contributed by atoms with van der Waals surface area (Å²) in [5.41, 5.74) is 1.39. The summed E-state index contributed by atoms with van der Waals surface area (Å²) in [5.74, 6) is 1.65. The van der Waals surface area contributed by atoms with Crippen LogP contribution in [-0.4, -0.2) is 72.5 Å². The number of anilines is 1. The molecule has 2 heterocycles. The van der Waals surface area contributed by atoms with Gasteiger partial charge in [0.05, 0.1) is 6.04 Å². The Kier molecular flexibility index (Phi) is 5.20. The Bertz CT molecular complexity index is 564. The third kappa shape index (κ3) is 4.04. The van der Waals surface area contributed by atoms with Crippen LogP contribution in [0, 0.1) is 0 Å². The zero-order valence-corrected chi connectivity index (χ0v) is 14.1. The van der Waals surface area contributed by atoms with Gasteiger partial charge in [0.15, 0.2) is 0 Å². The van der Waals surface area contributed by atoms with Crippen LogP contribution < -0.4 is 10.6 Å². The van der Waals surface area contributed by atoms with Crippen LogP contribution >= 0.6 is 11.8 Å². The van der Waals surface area contributed by atoms with Crippen LogP contribution in [0.5, 0.6) is 0 Å². The molecule has 7 heteroatoms. The number of rotatable bonds is 3. The molecule has 3 rings (SSSR count). The molecule has 1 aromatic carbocycles. The third-order valence-corrected chi connectivity index (χ3v) is 5.16. The van der Waals surface area contributed by atoms with Gasteiger partial charge in [0.25, 0.3) is 5.91 Å². The van der Waals surface area contributed by atoms with Crippen LogP contribution in [-0.2, 0) is 4.79 Å². The number of thioether (sulfide) groups is 1. The van der Waals surface area contributed by atoms with Crippen molar-refractivity contribution in [2.24, 2.45) is 0 Å². The van der Waals surface area contributed by atoms with Crippen molar-refractivity contribution in [2.45, 2.75) is 6.04 Å². The molecule has 2 N–H and O–H groups in total. The number of nitrogens with one attached hydrogen (secondary N) is 2. The van der Waals surface area contributed by atoms with Gasteiger partial charge in [-0.3, -0.25) is 14.9 Å². The molecular formula is C16H22N4O2S. The Morgan fingerprint density at radius 1 is 1.17 bits per heavy atom. The second-order valence-electron chi connectivity index (χ2n) is 5.93. The monoisotopic (exact) mass is 334 g/mol. The molecule has 1 atom stereocenters. The molecule has 0 aromatic heterocycles. The van der Waals surface area contributed by atoms with Gasteiger partial charge < -0.3 is 15.1 Å². The van der Waals surface area contributed by atoms with Gasteiger partial charge in [-0.2, -0.15) is 0 Å². The van der Waals surface area contributed by atoms with E-state index in [1.54, 1.807) is 36.0 Å².